The van der Waals surface area contributed by atoms with Gasteiger partial charge in [-0.1, -0.05) is 56.1 Å². The van der Waals surface area contributed by atoms with E-state index in [1.54, 1.807) is 0 Å². The first-order valence-corrected chi connectivity index (χ1v) is 11.5. The second-order valence-corrected chi connectivity index (χ2v) is 10.5. The molecule has 4 rings (SSSR count). The smallest absolute Gasteiger partial charge is 0.202 e. The van der Waals surface area contributed by atoms with Crippen molar-refractivity contribution in [2.75, 3.05) is 10.2 Å². The minimum absolute atomic E-state index is 0.256. The number of hydrogen-bond donors (Lipinski definition) is 1. The lowest BCUT2D eigenvalue weighted by molar-refractivity contribution is 0.158. The molecule has 5 heteroatoms. The van der Waals surface area contributed by atoms with Gasteiger partial charge in [0, 0.05) is 16.4 Å². The van der Waals surface area contributed by atoms with Crippen LogP contribution >= 0.6 is 23.8 Å². The number of rotatable bonds is 2. The molecule has 2 aromatic carbocycles. The summed E-state index contributed by atoms with van der Waals surface area (Å²) in [4.78, 5) is 7.12. The third-order valence-electron chi connectivity index (χ3n) is 6.69. The number of nitrogens with zero attached hydrogens (tertiary/aromatic N) is 2. The number of aryl methyl sites for hydroxylation is 1. The van der Waals surface area contributed by atoms with Crippen LogP contribution < -0.4 is 10.2 Å². The molecule has 1 saturated carbocycles. The number of benzene rings is 2. The first-order valence-electron chi connectivity index (χ1n) is 10.7. The number of hydrogen-bond acceptors (Lipinski definition) is 2. The van der Waals surface area contributed by atoms with Crippen molar-refractivity contribution in [1.82, 2.24) is 0 Å². The molecule has 1 fully saturated rings. The minimum atomic E-state index is -0.256. The van der Waals surface area contributed by atoms with Crippen molar-refractivity contribution in [3.05, 3.63) is 59.1 Å². The highest BCUT2D eigenvalue weighted by Crippen LogP contribution is 2.48. The normalized spacial score (nSPS) is 24.3. The Morgan fingerprint density at radius 2 is 1.77 bits per heavy atom. The summed E-state index contributed by atoms with van der Waals surface area (Å²) in [6, 6.07) is 16.4. The maximum atomic E-state index is 6.34. The summed E-state index contributed by atoms with van der Waals surface area (Å²) in [5.41, 5.74) is 3.36. The molecule has 158 valence electrons. The van der Waals surface area contributed by atoms with E-state index in [1.165, 1.54) is 5.56 Å². The average molecular weight is 440 g/mol. The molecule has 3 nitrogen and oxygen atoms in total. The quantitative estimate of drug-likeness (QED) is 0.499. The Hall–Kier alpha value is -1.91. The van der Waals surface area contributed by atoms with Gasteiger partial charge in [0.2, 0.25) is 5.11 Å². The monoisotopic (exact) mass is 439 g/mol. The van der Waals surface area contributed by atoms with Gasteiger partial charge in [-0.2, -0.15) is 0 Å². The molecule has 1 heterocycles. The van der Waals surface area contributed by atoms with Crippen molar-refractivity contribution in [3.63, 3.8) is 0 Å². The maximum Gasteiger partial charge on any atom is 0.202 e. The zero-order chi connectivity index (χ0) is 21.5. The summed E-state index contributed by atoms with van der Waals surface area (Å²) in [5.74, 6) is 1.66. The molecule has 0 radical (unpaired) electrons. The van der Waals surface area contributed by atoms with Crippen molar-refractivity contribution in [1.29, 1.82) is 0 Å². The second-order valence-electron chi connectivity index (χ2n) is 9.72. The second kappa shape index (κ2) is 7.97. The van der Waals surface area contributed by atoms with E-state index in [9.17, 15) is 0 Å². The van der Waals surface area contributed by atoms with Crippen LogP contribution in [-0.2, 0) is 0 Å². The van der Waals surface area contributed by atoms with Crippen LogP contribution in [-0.4, -0.2) is 16.5 Å². The van der Waals surface area contributed by atoms with Crippen LogP contribution in [0.3, 0.4) is 0 Å². The predicted octanol–water partition coefficient (Wildman–Crippen LogP) is 7.24. The molecule has 0 bridgehead atoms. The Labute approximate surface area is 190 Å². The van der Waals surface area contributed by atoms with E-state index in [0.717, 1.165) is 42.9 Å². The van der Waals surface area contributed by atoms with Gasteiger partial charge in [-0.25, -0.2) is 4.99 Å². The van der Waals surface area contributed by atoms with Gasteiger partial charge in [-0.15, -0.1) is 0 Å². The van der Waals surface area contributed by atoms with E-state index in [0.29, 0.717) is 21.5 Å². The topological polar surface area (TPSA) is 27.6 Å². The van der Waals surface area contributed by atoms with Crippen LogP contribution in [0.25, 0.3) is 0 Å². The first kappa shape index (κ1) is 21.3. The first-order chi connectivity index (χ1) is 14.2. The Bertz CT molecular complexity index is 967. The minimum Gasteiger partial charge on any atom is -0.342 e. The van der Waals surface area contributed by atoms with E-state index in [2.05, 4.69) is 68.2 Å². The molecule has 0 amide bonds. The zero-order valence-electron chi connectivity index (χ0n) is 18.2. The molecule has 2 aliphatic rings. The number of amidine groups is 1. The van der Waals surface area contributed by atoms with Crippen LogP contribution in [0.5, 0.6) is 0 Å². The summed E-state index contributed by atoms with van der Waals surface area (Å²) in [7, 11) is 0. The highest BCUT2D eigenvalue weighted by molar-refractivity contribution is 7.80. The fourth-order valence-corrected chi connectivity index (χ4v) is 5.41. The Balaban J connectivity index is 1.71. The number of nitrogens with one attached hydrogen (secondary N) is 1. The van der Waals surface area contributed by atoms with Crippen molar-refractivity contribution in [2.24, 2.45) is 16.3 Å². The van der Waals surface area contributed by atoms with Gasteiger partial charge >= 0.3 is 0 Å². The summed E-state index contributed by atoms with van der Waals surface area (Å²) >= 11 is 12.1. The van der Waals surface area contributed by atoms with E-state index in [-0.39, 0.29) is 5.54 Å². The molecule has 0 saturated heterocycles. The average Bonchev–Trinajstić information content (AvgIpc) is 2.94. The molecule has 1 spiro atoms. The highest BCUT2D eigenvalue weighted by Gasteiger charge is 2.51. The van der Waals surface area contributed by atoms with Crippen LogP contribution in [0.1, 0.15) is 52.0 Å². The van der Waals surface area contributed by atoms with E-state index in [1.807, 2.05) is 18.2 Å². The van der Waals surface area contributed by atoms with E-state index < -0.39 is 0 Å². The summed E-state index contributed by atoms with van der Waals surface area (Å²) in [6.07, 6.45) is 4.33. The Morgan fingerprint density at radius 3 is 2.37 bits per heavy atom. The highest BCUT2D eigenvalue weighted by atomic mass is 35.5. The number of halogens is 1. The summed E-state index contributed by atoms with van der Waals surface area (Å²) in [5, 5.41) is 4.94. The summed E-state index contributed by atoms with van der Waals surface area (Å²) < 4.78 is 0. The molecule has 1 N–H and O–H groups in total. The van der Waals surface area contributed by atoms with Gasteiger partial charge in [0.25, 0.3) is 0 Å². The number of thiocarbonyl (C=S) groups is 1. The molecule has 0 atom stereocenters. The van der Waals surface area contributed by atoms with Gasteiger partial charge < -0.3 is 10.2 Å². The van der Waals surface area contributed by atoms with Crippen LogP contribution in [0.4, 0.5) is 11.4 Å². The molecular formula is C25H30ClN3S. The molecule has 1 aliphatic heterocycles. The lowest BCUT2D eigenvalue weighted by atomic mass is 9.66. The molecule has 2 aromatic rings. The molecule has 0 unspecified atom stereocenters. The van der Waals surface area contributed by atoms with Gasteiger partial charge in [-0.3, -0.25) is 0 Å². The van der Waals surface area contributed by atoms with Gasteiger partial charge in [0.1, 0.15) is 11.4 Å². The van der Waals surface area contributed by atoms with E-state index in [4.69, 9.17) is 28.8 Å². The van der Waals surface area contributed by atoms with Crippen molar-refractivity contribution in [2.45, 2.75) is 58.9 Å². The zero-order valence-corrected chi connectivity index (χ0v) is 19.8. The molecule has 30 heavy (non-hydrogen) atoms. The maximum absolute atomic E-state index is 6.34. The predicted molar refractivity (Wildman–Crippen MR) is 133 cm³/mol. The fraction of sp³-hybridized carbons (Fsp3) is 0.440. The SMILES string of the molecule is Cc1ccc(NC2=NC(=S)N(c3cccc(Cl)c3)C23CCC(C(C)(C)C)CC3)cc1. The lowest BCUT2D eigenvalue weighted by Crippen LogP contribution is -2.56. The standard InChI is InChI=1S/C25H30ClN3S/c1-17-8-10-20(11-9-17)27-22-25(14-12-18(13-15-25)24(2,3)4)29(23(30)28-22)21-7-5-6-19(26)16-21/h5-11,16,18H,12-15H2,1-4H3,(H,27,28,30). The largest absolute Gasteiger partial charge is 0.342 e. The third-order valence-corrected chi connectivity index (χ3v) is 7.19. The van der Waals surface area contributed by atoms with Gasteiger partial charge in [0.15, 0.2) is 0 Å². The van der Waals surface area contributed by atoms with Crippen molar-refractivity contribution in [3.8, 4) is 0 Å². The number of aliphatic imine (C=N–C) groups is 1. The van der Waals surface area contributed by atoms with Crippen molar-refractivity contribution >= 4 is 46.1 Å². The Morgan fingerprint density at radius 1 is 1.10 bits per heavy atom. The Kier molecular flexibility index (Phi) is 5.67. The number of anilines is 2. The summed E-state index contributed by atoms with van der Waals surface area (Å²) in [6.45, 7) is 9.15. The fourth-order valence-electron chi connectivity index (χ4n) is 4.85. The lowest BCUT2D eigenvalue weighted by Gasteiger charge is -2.47. The van der Waals surface area contributed by atoms with Crippen LogP contribution in [0, 0.1) is 18.3 Å². The molecule has 1 aliphatic carbocycles. The van der Waals surface area contributed by atoms with Gasteiger partial charge in [-0.05, 0) is 86.5 Å². The van der Waals surface area contributed by atoms with Crippen LogP contribution in [0.15, 0.2) is 53.5 Å². The van der Waals surface area contributed by atoms with Gasteiger partial charge in [0.05, 0.1) is 0 Å². The molecule has 0 aromatic heterocycles. The third kappa shape index (κ3) is 4.00. The van der Waals surface area contributed by atoms with Crippen molar-refractivity contribution < 1.29 is 0 Å². The van der Waals surface area contributed by atoms with E-state index >= 15 is 0 Å². The van der Waals surface area contributed by atoms with Crippen LogP contribution in [0.2, 0.25) is 5.02 Å². The molecular weight excluding hydrogens is 410 g/mol.